The molecule has 2 aromatic carbocycles. The Labute approximate surface area is 211 Å². The lowest BCUT2D eigenvalue weighted by Crippen LogP contribution is -2.38. The van der Waals surface area contributed by atoms with Gasteiger partial charge >= 0.3 is 11.9 Å². The summed E-state index contributed by atoms with van der Waals surface area (Å²) in [4.78, 5) is 38.7. The van der Waals surface area contributed by atoms with E-state index < -0.39 is 17.9 Å². The highest BCUT2D eigenvalue weighted by atomic mass is 16.6. The molecule has 188 valence electrons. The molecule has 1 heterocycles. The minimum atomic E-state index is -0.598. The van der Waals surface area contributed by atoms with Crippen molar-refractivity contribution in [1.29, 1.82) is 0 Å². The second-order valence-corrected chi connectivity index (χ2v) is 9.84. The summed E-state index contributed by atoms with van der Waals surface area (Å²) in [6.07, 6.45) is 1.08. The molecule has 1 atom stereocenters. The highest BCUT2D eigenvalue weighted by molar-refractivity contribution is 6.04. The number of nitrogens with one attached hydrogen (secondary N) is 1. The zero-order valence-electron chi connectivity index (χ0n) is 21.1. The molecule has 0 spiro atoms. The van der Waals surface area contributed by atoms with Gasteiger partial charge in [0.25, 0.3) is 0 Å². The summed E-state index contributed by atoms with van der Waals surface area (Å²) in [5.74, 6) is -0.868. The number of esters is 2. The minimum Gasteiger partial charge on any atom is -0.490 e. The van der Waals surface area contributed by atoms with Crippen LogP contribution in [0.15, 0.2) is 77.1 Å². The van der Waals surface area contributed by atoms with Crippen LogP contribution in [0, 0.1) is 5.41 Å². The second kappa shape index (κ2) is 10.4. The van der Waals surface area contributed by atoms with E-state index in [0.29, 0.717) is 41.0 Å². The summed E-state index contributed by atoms with van der Waals surface area (Å²) in [5, 5.41) is 3.32. The predicted molar refractivity (Wildman–Crippen MR) is 134 cm³/mol. The third-order valence-corrected chi connectivity index (χ3v) is 6.45. The second-order valence-electron chi connectivity index (χ2n) is 9.84. The molecule has 0 unspecified atom stereocenters. The molecule has 0 saturated carbocycles. The highest BCUT2D eigenvalue weighted by Gasteiger charge is 2.43. The van der Waals surface area contributed by atoms with Crippen LogP contribution >= 0.6 is 0 Å². The Balaban J connectivity index is 1.62. The van der Waals surface area contributed by atoms with E-state index in [4.69, 9.17) is 14.2 Å². The maximum atomic E-state index is 13.4. The average Bonchev–Trinajstić information content (AvgIpc) is 2.85. The topological polar surface area (TPSA) is 90.9 Å². The molecule has 0 bridgehead atoms. The summed E-state index contributed by atoms with van der Waals surface area (Å²) < 4.78 is 16.0. The molecular weight excluding hydrogens is 458 g/mol. The molecule has 7 nitrogen and oxygen atoms in total. The summed E-state index contributed by atoms with van der Waals surface area (Å²) in [7, 11) is 1.32. The van der Waals surface area contributed by atoms with Crippen LogP contribution < -0.4 is 10.1 Å². The number of hydrogen-bond donors (Lipinski definition) is 1. The Bertz CT molecular complexity index is 1220. The van der Waals surface area contributed by atoms with Crippen molar-refractivity contribution in [2.24, 2.45) is 5.41 Å². The molecule has 36 heavy (non-hydrogen) atoms. The maximum Gasteiger partial charge on any atom is 0.337 e. The third-order valence-electron chi connectivity index (χ3n) is 6.45. The lowest BCUT2D eigenvalue weighted by atomic mass is 9.68. The number of ketones is 1. The number of rotatable bonds is 7. The number of ether oxygens (including phenoxy) is 3. The average molecular weight is 490 g/mol. The molecule has 0 saturated heterocycles. The normalized spacial score (nSPS) is 18.8. The molecule has 0 amide bonds. The first-order valence-corrected chi connectivity index (χ1v) is 12.0. The van der Waals surface area contributed by atoms with Gasteiger partial charge in [0, 0.05) is 29.3 Å². The van der Waals surface area contributed by atoms with Gasteiger partial charge in [0.05, 0.1) is 18.2 Å². The number of benzene rings is 2. The third kappa shape index (κ3) is 5.35. The van der Waals surface area contributed by atoms with Gasteiger partial charge in [-0.25, -0.2) is 9.59 Å². The Morgan fingerprint density at radius 1 is 0.972 bits per heavy atom. The van der Waals surface area contributed by atoms with Gasteiger partial charge in [-0.1, -0.05) is 44.2 Å². The summed E-state index contributed by atoms with van der Waals surface area (Å²) in [6.45, 7) is 6.21. The Hall–Kier alpha value is -3.87. The fraction of sp³-hybridized carbons (Fsp3) is 0.345. The van der Waals surface area contributed by atoms with E-state index in [1.165, 1.54) is 7.11 Å². The van der Waals surface area contributed by atoms with Crippen molar-refractivity contribution in [3.63, 3.8) is 0 Å². The largest absolute Gasteiger partial charge is 0.490 e. The van der Waals surface area contributed by atoms with Gasteiger partial charge in [0.15, 0.2) is 5.78 Å². The highest BCUT2D eigenvalue weighted by Crippen LogP contribution is 2.46. The minimum absolute atomic E-state index is 0.000931. The molecule has 2 aliphatic rings. The SMILES string of the molecule is COC(=O)c1ccc([C@H]2C(C(=O)OCCOc3ccccc3)=C(C)NC3=C2C(=O)CC(C)(C)C3)cc1. The molecule has 1 N–H and O–H groups in total. The summed E-state index contributed by atoms with van der Waals surface area (Å²) in [5.41, 5.74) is 3.38. The van der Waals surface area contributed by atoms with E-state index in [1.54, 1.807) is 24.3 Å². The van der Waals surface area contributed by atoms with Gasteiger partial charge < -0.3 is 19.5 Å². The van der Waals surface area contributed by atoms with Gasteiger partial charge in [-0.05, 0) is 48.6 Å². The fourth-order valence-electron chi connectivity index (χ4n) is 4.86. The maximum absolute atomic E-state index is 13.4. The van der Waals surface area contributed by atoms with E-state index in [1.807, 2.05) is 37.3 Å². The number of methoxy groups -OCH3 is 1. The van der Waals surface area contributed by atoms with Crippen LogP contribution in [0.1, 0.15) is 55.5 Å². The van der Waals surface area contributed by atoms with E-state index in [9.17, 15) is 14.4 Å². The van der Waals surface area contributed by atoms with Crippen molar-refractivity contribution in [2.45, 2.75) is 39.5 Å². The molecule has 0 fully saturated rings. The van der Waals surface area contributed by atoms with Crippen molar-refractivity contribution in [1.82, 2.24) is 5.32 Å². The molecule has 0 radical (unpaired) electrons. The van der Waals surface area contributed by atoms with Gasteiger partial charge in [0.1, 0.15) is 19.0 Å². The zero-order valence-corrected chi connectivity index (χ0v) is 21.1. The number of para-hydroxylation sites is 1. The Morgan fingerprint density at radius 2 is 1.67 bits per heavy atom. The van der Waals surface area contributed by atoms with Crippen LogP contribution in [-0.2, 0) is 19.1 Å². The first kappa shape index (κ1) is 25.2. The van der Waals surface area contributed by atoms with E-state index in [2.05, 4.69) is 19.2 Å². The number of carbonyl (C=O) groups is 3. The summed E-state index contributed by atoms with van der Waals surface area (Å²) >= 11 is 0. The van der Waals surface area contributed by atoms with E-state index >= 15 is 0 Å². The molecular formula is C29H31NO6. The molecule has 2 aromatic rings. The van der Waals surface area contributed by atoms with Gasteiger partial charge in [-0.15, -0.1) is 0 Å². The quantitative estimate of drug-likeness (QED) is 0.445. The molecule has 4 rings (SSSR count). The van der Waals surface area contributed by atoms with Crippen molar-refractivity contribution >= 4 is 17.7 Å². The van der Waals surface area contributed by atoms with Crippen molar-refractivity contribution < 1.29 is 28.6 Å². The van der Waals surface area contributed by atoms with Crippen molar-refractivity contribution in [3.8, 4) is 5.75 Å². The number of allylic oxidation sites excluding steroid dienone is 3. The number of carbonyl (C=O) groups excluding carboxylic acids is 3. The number of Topliss-reactive ketones (excluding diaryl/α,β-unsaturated/α-hetero) is 1. The Kier molecular flexibility index (Phi) is 7.29. The molecule has 1 aliphatic carbocycles. The fourth-order valence-corrected chi connectivity index (χ4v) is 4.86. The smallest absolute Gasteiger partial charge is 0.337 e. The van der Waals surface area contributed by atoms with Crippen LogP contribution in [0.5, 0.6) is 5.75 Å². The van der Waals surface area contributed by atoms with Crippen LogP contribution in [0.2, 0.25) is 0 Å². The molecule has 7 heteroatoms. The monoisotopic (exact) mass is 489 g/mol. The van der Waals surface area contributed by atoms with Crippen LogP contribution in [0.3, 0.4) is 0 Å². The lowest BCUT2D eigenvalue weighted by molar-refractivity contribution is -0.140. The first-order valence-electron chi connectivity index (χ1n) is 12.0. The first-order chi connectivity index (χ1) is 17.2. The summed E-state index contributed by atoms with van der Waals surface area (Å²) in [6, 6.07) is 16.1. The van der Waals surface area contributed by atoms with Crippen LogP contribution in [0.4, 0.5) is 0 Å². The van der Waals surface area contributed by atoms with Gasteiger partial charge in [-0.3, -0.25) is 4.79 Å². The molecule has 0 aromatic heterocycles. The van der Waals surface area contributed by atoms with Crippen molar-refractivity contribution in [2.75, 3.05) is 20.3 Å². The Morgan fingerprint density at radius 3 is 2.33 bits per heavy atom. The van der Waals surface area contributed by atoms with Crippen LogP contribution in [-0.4, -0.2) is 38.0 Å². The number of hydrogen-bond acceptors (Lipinski definition) is 7. The van der Waals surface area contributed by atoms with Gasteiger partial charge in [0.2, 0.25) is 0 Å². The van der Waals surface area contributed by atoms with E-state index in [0.717, 1.165) is 11.3 Å². The van der Waals surface area contributed by atoms with Crippen LogP contribution in [0.25, 0.3) is 0 Å². The van der Waals surface area contributed by atoms with Crippen molar-refractivity contribution in [3.05, 3.63) is 88.3 Å². The standard InChI is InChI=1S/C29H31NO6/c1-18-24(28(33)36-15-14-35-21-8-6-5-7-9-21)25(19-10-12-20(13-11-19)27(32)34-4)26-22(30-18)16-29(2,3)17-23(26)31/h5-13,25,30H,14-17H2,1-4H3/t25-/m0/s1. The van der Waals surface area contributed by atoms with Gasteiger partial charge in [-0.2, -0.15) is 0 Å². The zero-order chi connectivity index (χ0) is 25.9. The molecule has 1 aliphatic heterocycles. The number of dihydropyridines is 1. The van der Waals surface area contributed by atoms with E-state index in [-0.39, 0.29) is 24.4 Å². The predicted octanol–water partition coefficient (Wildman–Crippen LogP) is 4.70. The lowest BCUT2D eigenvalue weighted by Gasteiger charge is -2.39.